The van der Waals surface area contributed by atoms with Crippen molar-refractivity contribution < 1.29 is 14.7 Å². The lowest BCUT2D eigenvalue weighted by atomic mass is 9.84. The highest BCUT2D eigenvalue weighted by atomic mass is 16.3. The molecule has 0 saturated heterocycles. The van der Waals surface area contributed by atoms with Gasteiger partial charge in [0, 0.05) is 5.56 Å². The monoisotopic (exact) mass is 492 g/mol. The average molecular weight is 493 g/mol. The summed E-state index contributed by atoms with van der Waals surface area (Å²) >= 11 is 0. The maximum Gasteiger partial charge on any atom is 0.279 e. The summed E-state index contributed by atoms with van der Waals surface area (Å²) in [5.41, 5.74) is 5.76. The first-order valence-electron chi connectivity index (χ1n) is 12.3. The summed E-state index contributed by atoms with van der Waals surface area (Å²) in [5.74, 6) is -1.09. The molecule has 4 aromatic carbocycles. The van der Waals surface area contributed by atoms with Gasteiger partial charge in [-0.2, -0.15) is 0 Å². The van der Waals surface area contributed by atoms with Gasteiger partial charge in [0.1, 0.15) is 0 Å². The molecule has 0 saturated carbocycles. The van der Waals surface area contributed by atoms with E-state index in [0.717, 1.165) is 22.3 Å². The number of benzene rings is 4. The Morgan fingerprint density at radius 2 is 1.24 bits per heavy atom. The number of nitrogens with one attached hydrogen (secondary N) is 1. The number of rotatable bonds is 6. The Morgan fingerprint density at radius 3 is 1.76 bits per heavy atom. The number of amides is 2. The van der Waals surface area contributed by atoms with Gasteiger partial charge in [-0.3, -0.25) is 15.0 Å². The first-order valence-corrected chi connectivity index (χ1v) is 12.3. The molecule has 0 aromatic heterocycles. The molecule has 0 aliphatic carbocycles. The molecule has 5 heteroatoms. The van der Waals surface area contributed by atoms with Crippen molar-refractivity contribution in [3.63, 3.8) is 0 Å². The summed E-state index contributed by atoms with van der Waals surface area (Å²) in [7, 11) is 0. The van der Waals surface area contributed by atoms with E-state index in [9.17, 15) is 14.7 Å². The number of hydrazine groups is 1. The van der Waals surface area contributed by atoms with Crippen LogP contribution in [0.1, 0.15) is 56.7 Å². The second-order valence-corrected chi connectivity index (χ2v) is 9.52. The Balaban J connectivity index is 1.81. The fourth-order valence-corrected chi connectivity index (χ4v) is 4.48. The lowest BCUT2D eigenvalue weighted by molar-refractivity contribution is -0.141. The predicted molar refractivity (Wildman–Crippen MR) is 146 cm³/mol. The third-order valence-corrected chi connectivity index (χ3v) is 6.57. The molecule has 4 aromatic rings. The standard InChI is InChI=1S/C32H32N2O3/c1-22-11-8-16-27(19-22)25(4)34(30(35)26-14-6-5-7-15-26)33-31(36)32(37,28-17-9-12-23(2)20-28)29-18-10-13-24(3)21-29/h5-21,25,37H,1-4H3,(H,33,36)/t25-/m1/s1. The number of carbonyl (C=O) groups is 2. The fourth-order valence-electron chi connectivity index (χ4n) is 4.48. The average Bonchev–Trinajstić information content (AvgIpc) is 2.91. The number of hydrogen-bond acceptors (Lipinski definition) is 3. The maximum absolute atomic E-state index is 14.1. The lowest BCUT2D eigenvalue weighted by Gasteiger charge is -2.35. The Hall–Kier alpha value is -4.22. The minimum atomic E-state index is -2.03. The van der Waals surface area contributed by atoms with Crippen LogP contribution in [0.25, 0.3) is 0 Å². The molecule has 2 N–H and O–H groups in total. The van der Waals surface area contributed by atoms with Gasteiger partial charge in [-0.05, 0) is 56.5 Å². The van der Waals surface area contributed by atoms with Crippen LogP contribution in [-0.4, -0.2) is 21.9 Å². The van der Waals surface area contributed by atoms with Gasteiger partial charge in [0.05, 0.1) is 6.04 Å². The molecule has 5 nitrogen and oxygen atoms in total. The van der Waals surface area contributed by atoms with Crippen LogP contribution in [0.2, 0.25) is 0 Å². The molecule has 0 radical (unpaired) electrons. The van der Waals surface area contributed by atoms with E-state index >= 15 is 0 Å². The quantitative estimate of drug-likeness (QED) is 0.335. The first-order chi connectivity index (χ1) is 17.7. The summed E-state index contributed by atoms with van der Waals surface area (Å²) in [6.07, 6.45) is 0. The summed E-state index contributed by atoms with van der Waals surface area (Å²) in [4.78, 5) is 27.8. The normalized spacial score (nSPS) is 12.0. The van der Waals surface area contributed by atoms with Crippen molar-refractivity contribution in [2.24, 2.45) is 0 Å². The first kappa shape index (κ1) is 25.9. The van der Waals surface area contributed by atoms with Crippen LogP contribution < -0.4 is 5.43 Å². The molecule has 0 heterocycles. The summed E-state index contributed by atoms with van der Waals surface area (Å²) < 4.78 is 0. The van der Waals surface area contributed by atoms with Crippen LogP contribution in [0.5, 0.6) is 0 Å². The summed E-state index contributed by atoms with van der Waals surface area (Å²) in [6, 6.07) is 30.5. The van der Waals surface area contributed by atoms with Gasteiger partial charge < -0.3 is 5.11 Å². The van der Waals surface area contributed by atoms with E-state index in [0.29, 0.717) is 16.7 Å². The van der Waals surface area contributed by atoms with Crippen LogP contribution in [0.4, 0.5) is 0 Å². The van der Waals surface area contributed by atoms with Crippen molar-refractivity contribution >= 4 is 11.8 Å². The summed E-state index contributed by atoms with van der Waals surface area (Å²) in [6.45, 7) is 7.65. The number of nitrogens with zero attached hydrogens (tertiary/aromatic N) is 1. The van der Waals surface area contributed by atoms with E-state index < -0.39 is 17.6 Å². The van der Waals surface area contributed by atoms with Gasteiger partial charge in [0.25, 0.3) is 11.8 Å². The zero-order chi connectivity index (χ0) is 26.6. The van der Waals surface area contributed by atoms with Crippen molar-refractivity contribution in [2.45, 2.75) is 39.3 Å². The molecule has 0 aliphatic rings. The topological polar surface area (TPSA) is 69.6 Å². The lowest BCUT2D eigenvalue weighted by Crippen LogP contribution is -2.55. The molecule has 37 heavy (non-hydrogen) atoms. The number of hydrogen-bond donors (Lipinski definition) is 2. The highest BCUT2D eigenvalue weighted by Crippen LogP contribution is 2.32. The molecule has 0 unspecified atom stereocenters. The van der Waals surface area contributed by atoms with Gasteiger partial charge >= 0.3 is 0 Å². The maximum atomic E-state index is 14.1. The van der Waals surface area contributed by atoms with E-state index in [2.05, 4.69) is 5.43 Å². The minimum Gasteiger partial charge on any atom is -0.372 e. The molecule has 0 bridgehead atoms. The molecule has 2 amide bonds. The van der Waals surface area contributed by atoms with E-state index in [1.165, 1.54) is 5.01 Å². The van der Waals surface area contributed by atoms with Crippen molar-refractivity contribution in [2.75, 3.05) is 0 Å². The Labute approximate surface area is 218 Å². The highest BCUT2D eigenvalue weighted by molar-refractivity contribution is 5.97. The molecular formula is C32H32N2O3. The van der Waals surface area contributed by atoms with Crippen molar-refractivity contribution in [3.05, 3.63) is 142 Å². The van der Waals surface area contributed by atoms with Crippen molar-refractivity contribution in [1.29, 1.82) is 0 Å². The summed E-state index contributed by atoms with van der Waals surface area (Å²) in [5, 5.41) is 13.4. The van der Waals surface area contributed by atoms with E-state index in [1.807, 2.05) is 70.2 Å². The SMILES string of the molecule is Cc1cccc([C@@H](C)N(NC(=O)C(O)(c2cccc(C)c2)c2cccc(C)c2)C(=O)c2ccccc2)c1. The van der Waals surface area contributed by atoms with Crippen LogP contribution in [0, 0.1) is 20.8 Å². The zero-order valence-electron chi connectivity index (χ0n) is 21.6. The zero-order valence-corrected chi connectivity index (χ0v) is 21.6. The smallest absolute Gasteiger partial charge is 0.279 e. The van der Waals surface area contributed by atoms with E-state index in [1.54, 1.807) is 60.7 Å². The van der Waals surface area contributed by atoms with Gasteiger partial charge in [-0.1, -0.05) is 108 Å². The van der Waals surface area contributed by atoms with Crippen LogP contribution in [-0.2, 0) is 10.4 Å². The Morgan fingerprint density at radius 1 is 0.730 bits per heavy atom. The molecular weight excluding hydrogens is 460 g/mol. The molecule has 0 spiro atoms. The third kappa shape index (κ3) is 5.47. The second kappa shape index (κ2) is 10.8. The third-order valence-electron chi connectivity index (χ3n) is 6.57. The Bertz CT molecular complexity index is 1370. The molecule has 1 atom stereocenters. The highest BCUT2D eigenvalue weighted by Gasteiger charge is 2.42. The number of aryl methyl sites for hydroxylation is 3. The number of aliphatic hydroxyl groups is 1. The van der Waals surface area contributed by atoms with Gasteiger partial charge in [0.15, 0.2) is 5.60 Å². The van der Waals surface area contributed by atoms with Crippen molar-refractivity contribution in [3.8, 4) is 0 Å². The Kier molecular flexibility index (Phi) is 7.55. The second-order valence-electron chi connectivity index (χ2n) is 9.52. The molecule has 0 aliphatic heterocycles. The van der Waals surface area contributed by atoms with Gasteiger partial charge in [0.2, 0.25) is 0 Å². The van der Waals surface area contributed by atoms with Crippen LogP contribution in [0.15, 0.2) is 103 Å². The van der Waals surface area contributed by atoms with Gasteiger partial charge in [-0.15, -0.1) is 0 Å². The van der Waals surface area contributed by atoms with E-state index in [4.69, 9.17) is 0 Å². The van der Waals surface area contributed by atoms with Crippen LogP contribution >= 0.6 is 0 Å². The van der Waals surface area contributed by atoms with E-state index in [-0.39, 0.29) is 5.91 Å². The molecule has 0 fully saturated rings. The predicted octanol–water partition coefficient (Wildman–Crippen LogP) is 5.78. The molecule has 188 valence electrons. The fraction of sp³-hybridized carbons (Fsp3) is 0.188. The largest absolute Gasteiger partial charge is 0.372 e. The number of carbonyl (C=O) groups excluding carboxylic acids is 2. The van der Waals surface area contributed by atoms with Crippen LogP contribution in [0.3, 0.4) is 0 Å². The molecule has 4 rings (SSSR count). The van der Waals surface area contributed by atoms with Crippen molar-refractivity contribution in [1.82, 2.24) is 10.4 Å². The van der Waals surface area contributed by atoms with Gasteiger partial charge in [-0.25, -0.2) is 5.01 Å². The minimum absolute atomic E-state index is 0.376.